The summed E-state index contributed by atoms with van der Waals surface area (Å²) < 4.78 is 47.2. The maximum Gasteiger partial charge on any atom is 0.299 e. The van der Waals surface area contributed by atoms with Crippen LogP contribution in [-0.2, 0) is 14.3 Å². The van der Waals surface area contributed by atoms with E-state index < -0.39 is 88.7 Å². The maximum absolute atomic E-state index is 14.9. The van der Waals surface area contributed by atoms with Crippen molar-refractivity contribution >= 4 is 79.2 Å². The van der Waals surface area contributed by atoms with E-state index in [9.17, 15) is 53.2 Å². The number of piperazine rings is 1. The fraction of sp³-hybridized carbons (Fsp3) is 0.343. The van der Waals surface area contributed by atoms with Crippen molar-refractivity contribution in [1.29, 1.82) is 0 Å². The van der Waals surface area contributed by atoms with Gasteiger partial charge in [0.05, 0.1) is 52.6 Å². The topological polar surface area (TPSA) is 314 Å². The minimum absolute atomic E-state index is 0.0308. The first-order chi connectivity index (χ1) is 43.1. The number of halogens is 2. The van der Waals surface area contributed by atoms with Gasteiger partial charge in [-0.1, -0.05) is 95.3 Å². The molecule has 21 nitrogen and oxygen atoms in total. The van der Waals surface area contributed by atoms with Crippen molar-refractivity contribution in [3.63, 3.8) is 0 Å². The third-order valence-electron chi connectivity index (χ3n) is 15.5. The molecule has 0 spiro atoms. The molecule has 1 aromatic heterocycles. The van der Waals surface area contributed by atoms with E-state index in [-0.39, 0.29) is 90.5 Å². The highest BCUT2D eigenvalue weighted by Crippen LogP contribution is 2.40. The van der Waals surface area contributed by atoms with E-state index in [2.05, 4.69) is 16.0 Å². The Morgan fingerprint density at radius 1 is 0.822 bits per heavy atom. The van der Waals surface area contributed by atoms with Crippen molar-refractivity contribution in [2.24, 2.45) is 17.8 Å². The van der Waals surface area contributed by atoms with Crippen molar-refractivity contribution in [3.8, 4) is 11.5 Å². The number of phenolic OH excluding ortho intramolecular Hbond substituents is 1. The minimum atomic E-state index is -1.47. The molecule has 5 bridgehead atoms. The lowest BCUT2D eigenvalue weighted by molar-refractivity contribution is -0.115. The summed E-state index contributed by atoms with van der Waals surface area (Å²) in [6.45, 7) is 13.5. The zero-order valence-electron chi connectivity index (χ0n) is 51.2. The average Bonchev–Trinajstić information content (AvgIpc) is 1.27. The molecule has 1 fully saturated rings. The number of aromatic hydroxyl groups is 1. The Morgan fingerprint density at radius 2 is 1.49 bits per heavy atom. The van der Waals surface area contributed by atoms with E-state index in [0.717, 1.165) is 19.2 Å². The van der Waals surface area contributed by atoms with E-state index in [0.29, 0.717) is 56.0 Å². The van der Waals surface area contributed by atoms with Crippen LogP contribution in [0.5, 0.6) is 11.5 Å². The first-order valence-electron chi connectivity index (χ1n) is 29.4. The summed E-state index contributed by atoms with van der Waals surface area (Å²) in [5.41, 5.74) is -1.04. The van der Waals surface area contributed by atoms with Gasteiger partial charge in [0.25, 0.3) is 18.1 Å². The van der Waals surface area contributed by atoms with Gasteiger partial charge in [0.15, 0.2) is 28.7 Å². The minimum Gasteiger partial charge on any atom is -0.507 e. The van der Waals surface area contributed by atoms with Crippen LogP contribution >= 0.6 is 0 Å². The number of carbonyl (C=O) groups excluding carboxylic acids is 3. The molecule has 4 aliphatic heterocycles. The van der Waals surface area contributed by atoms with Crippen molar-refractivity contribution < 1.29 is 72.8 Å². The number of fused-ring (bicyclic) bond motifs is 14. The van der Waals surface area contributed by atoms with Crippen LogP contribution in [0.4, 0.5) is 31.5 Å². The summed E-state index contributed by atoms with van der Waals surface area (Å²) in [4.78, 5) is 77.2. The predicted octanol–water partition coefficient (Wildman–Crippen LogP) is 8.04. The number of ether oxygens (including phenoxy) is 2. The fourth-order valence-electron chi connectivity index (χ4n) is 10.6. The van der Waals surface area contributed by atoms with E-state index in [1.54, 1.807) is 48.6 Å². The fourth-order valence-corrected chi connectivity index (χ4v) is 10.6. The number of amides is 3. The summed E-state index contributed by atoms with van der Waals surface area (Å²) in [7, 11) is 1.00. The van der Waals surface area contributed by atoms with Crippen LogP contribution in [0.3, 0.4) is 0 Å². The van der Waals surface area contributed by atoms with Gasteiger partial charge >= 0.3 is 0 Å². The van der Waals surface area contributed by atoms with Gasteiger partial charge in [-0.15, -0.1) is 0 Å². The zero-order chi connectivity index (χ0) is 65.7. The van der Waals surface area contributed by atoms with Gasteiger partial charge in [-0.2, -0.15) is 0 Å². The first kappa shape index (κ1) is 68.2. The second-order valence-corrected chi connectivity index (χ2v) is 21.7. The summed E-state index contributed by atoms with van der Waals surface area (Å²) in [6.07, 6.45) is 4.70. The number of hydrogen-bond donors (Lipinski definition) is 10. The lowest BCUT2D eigenvalue weighted by Crippen LogP contribution is -2.47. The number of hydrogen-bond acceptors (Lipinski definition) is 18. The van der Waals surface area contributed by atoms with Crippen LogP contribution in [-0.4, -0.2) is 117 Å². The molecular formula is C67H76F2N6O15. The smallest absolute Gasteiger partial charge is 0.299 e. The summed E-state index contributed by atoms with van der Waals surface area (Å²) in [5, 5.41) is 76.9. The van der Waals surface area contributed by atoms with Crippen molar-refractivity contribution in [1.82, 2.24) is 10.3 Å². The highest BCUT2D eigenvalue weighted by Gasteiger charge is 2.35. The highest BCUT2D eigenvalue weighted by atomic mass is 19.1. The molecule has 23 heteroatoms. The first-order valence-corrected chi connectivity index (χ1v) is 29.4. The Hall–Kier alpha value is -9.26. The average molecular weight is 1240 g/mol. The van der Waals surface area contributed by atoms with Crippen molar-refractivity contribution in [2.75, 3.05) is 60.3 Å². The van der Waals surface area contributed by atoms with Crippen LogP contribution in [0.15, 0.2) is 135 Å². The van der Waals surface area contributed by atoms with E-state index in [1.165, 1.54) is 56.5 Å². The van der Waals surface area contributed by atoms with Gasteiger partial charge in [0, 0.05) is 73.2 Å². The Kier molecular flexibility index (Phi) is 23.3. The molecule has 0 saturated carbocycles. The van der Waals surface area contributed by atoms with Gasteiger partial charge < -0.3 is 75.4 Å². The van der Waals surface area contributed by atoms with Crippen molar-refractivity contribution in [2.45, 2.75) is 92.5 Å². The molecule has 478 valence electrons. The lowest BCUT2D eigenvalue weighted by atomic mass is 9.87. The number of carbonyl (C=O) groups is 3. The molecule has 11 rings (SSSR count). The highest BCUT2D eigenvalue weighted by molar-refractivity contribution is 6.17. The molecule has 6 aromatic carbocycles. The number of phenols is 1. The molecule has 5 heterocycles. The molecule has 0 aliphatic carbocycles. The third-order valence-corrected chi connectivity index (χ3v) is 15.5. The number of anilines is 4. The number of allylic oxidation sites excluding steroid dienone is 4. The number of rotatable bonds is 7. The Balaban J connectivity index is 0.000000801. The summed E-state index contributed by atoms with van der Waals surface area (Å²) in [5.74, 6) is -5.14. The molecule has 0 radical (unpaired) electrons. The van der Waals surface area contributed by atoms with E-state index in [1.807, 2.05) is 56.6 Å². The van der Waals surface area contributed by atoms with Crippen LogP contribution in [0, 0.1) is 36.3 Å². The van der Waals surface area contributed by atoms with Gasteiger partial charge in [0.2, 0.25) is 16.8 Å². The quantitative estimate of drug-likeness (QED) is 0.0410. The van der Waals surface area contributed by atoms with Crippen LogP contribution in [0.1, 0.15) is 88.6 Å². The van der Waals surface area contributed by atoms with E-state index in [4.69, 9.17) is 34.2 Å². The Bertz CT molecular complexity index is 4020. The summed E-state index contributed by atoms with van der Waals surface area (Å²) in [6, 6.07) is 20.8. The number of aromatic nitrogens is 1. The van der Waals surface area contributed by atoms with E-state index >= 15 is 0 Å². The Labute approximate surface area is 517 Å². The Morgan fingerprint density at radius 3 is 2.17 bits per heavy atom. The van der Waals surface area contributed by atoms with Gasteiger partial charge in [-0.3, -0.25) is 24.0 Å². The largest absolute Gasteiger partial charge is 0.507 e. The van der Waals surface area contributed by atoms with Gasteiger partial charge in [-0.25, -0.2) is 13.8 Å². The zero-order valence-corrected chi connectivity index (χ0v) is 51.2. The van der Waals surface area contributed by atoms with Crippen LogP contribution < -0.4 is 46.6 Å². The number of aliphatic hydroxyl groups excluding tert-OH is 5. The van der Waals surface area contributed by atoms with Crippen LogP contribution in [0.25, 0.3) is 38.7 Å². The van der Waals surface area contributed by atoms with Gasteiger partial charge in [0.1, 0.15) is 34.3 Å². The molecular weight excluding hydrogens is 1170 g/mol. The number of aliphatic hydroxyl groups is 6. The van der Waals surface area contributed by atoms with Crippen molar-refractivity contribution in [3.05, 3.63) is 175 Å². The molecule has 4 aliphatic rings. The summed E-state index contributed by atoms with van der Waals surface area (Å²) >= 11 is 0. The lowest BCUT2D eigenvalue weighted by Gasteiger charge is -2.38. The molecule has 7 aromatic rings. The van der Waals surface area contributed by atoms with Gasteiger partial charge in [-0.05, 0) is 87.3 Å². The maximum atomic E-state index is 14.9. The van der Waals surface area contributed by atoms with Crippen LogP contribution in [0.2, 0.25) is 0 Å². The molecule has 90 heavy (non-hydrogen) atoms. The molecule has 3 amide bonds. The molecule has 5 unspecified atom stereocenters. The monoisotopic (exact) mass is 1240 g/mol. The number of nitrogens with zero attached hydrogens (tertiary/aromatic N) is 3. The third kappa shape index (κ3) is 15.6. The number of benzene rings is 6. The predicted molar refractivity (Wildman–Crippen MR) is 340 cm³/mol. The normalized spacial score (nSPS) is 20.9. The standard InChI is InChI=1S/C57H58F2N6O12.C7H8O2.C2H6.CH4O/c1-28-10-8-11-30(3)55(73)63-49-51(71)45-44(46-52(72)57(77-53(46)32(5)50(45)70)75-21-9-12-29(2)39(66)26-40(67)31(4)22-28)48-54(49)76-42-25-34(24-41(68)47(42)62-48)64-17-19-65(20-18-64)38-16-15-33(58)23-37(38)61-43(69)27-60-56(74)35-13-6-7-14-36(35)59;8-7(9)6-4-2-1-3-5-6;2*1-2/h6-11,13-16,21,23-25,28-29,31,39-40,57,66-67,70,72H,12,17-20,22,26-27H2,1-5H3,(H,60,74)(H,61,69)(H,63,73);1-5,7-9H;1-2H3;2H,1H3/b10-8+,21-9+,30-11-;;;/t28?,29?,31-,39?,40?,57?;;;/m1.../s1. The molecule has 1 saturated heterocycles. The SMILES string of the molecule is C/C1=C/C=C/C(C)C[C@@H](C)C(O)CC(O)C(C)C/C=C/OC2Oc3c(C)c(O)c4c(=O)c(c5oc6cc(N7CCN(c8ccc(F)cc8NC(=O)CNC(=O)c8ccccc8F)CC7)cc(=O)c6nc5c4c3=C2O)NC1=O.CC.CO.OC(O)c1ccccc1. The number of nitrogens with one attached hydrogen (secondary N) is 3. The molecule has 10 N–H and O–H groups in total. The second kappa shape index (κ2) is 30.8. The molecule has 6 atom stereocenters. The second-order valence-electron chi connectivity index (χ2n) is 21.7.